The van der Waals surface area contributed by atoms with E-state index >= 15 is 0 Å². The Hall–Kier alpha value is -3.52. The Morgan fingerprint density at radius 1 is 1.19 bits per heavy atom. The summed E-state index contributed by atoms with van der Waals surface area (Å²) in [5.41, 5.74) is -0.161. The number of aliphatic hydroxyl groups is 1. The number of hydrogen-bond donors (Lipinski definition) is 2. The Morgan fingerprint density at radius 2 is 1.91 bits per heavy atom. The Balaban J connectivity index is 1.41. The fraction of sp³-hybridized carbons (Fsp3) is 0.543. The molecule has 230 valence electrons. The lowest BCUT2D eigenvalue weighted by Crippen LogP contribution is -2.63. The second-order valence-electron chi connectivity index (χ2n) is 13.7. The van der Waals surface area contributed by atoms with Gasteiger partial charge in [0.15, 0.2) is 0 Å². The first kappa shape index (κ1) is 30.9. The van der Waals surface area contributed by atoms with E-state index in [-0.39, 0.29) is 29.1 Å². The van der Waals surface area contributed by atoms with Crippen LogP contribution in [0.25, 0.3) is 6.08 Å². The molecule has 0 radical (unpaired) electrons. The molecule has 0 amide bonds. The molecule has 1 aromatic carbocycles. The van der Waals surface area contributed by atoms with Gasteiger partial charge in [0.05, 0.1) is 18.9 Å². The molecule has 1 aromatic heterocycles. The maximum absolute atomic E-state index is 13.6. The third-order valence-electron chi connectivity index (χ3n) is 11.3. The first-order valence-corrected chi connectivity index (χ1v) is 15.4. The lowest BCUT2D eigenvalue weighted by Gasteiger charge is -2.62. The minimum Gasteiger partial charge on any atom is -0.478 e. The topological polar surface area (TPSA) is 119 Å². The van der Waals surface area contributed by atoms with Gasteiger partial charge in [-0.25, -0.2) is 9.78 Å². The van der Waals surface area contributed by atoms with E-state index in [4.69, 9.17) is 4.74 Å². The molecule has 2 N–H and O–H groups in total. The van der Waals surface area contributed by atoms with Gasteiger partial charge < -0.3 is 19.5 Å². The van der Waals surface area contributed by atoms with Crippen LogP contribution >= 0.6 is 0 Å². The van der Waals surface area contributed by atoms with Gasteiger partial charge in [0.2, 0.25) is 0 Å². The number of imidazole rings is 1. The minimum atomic E-state index is -1.19. The van der Waals surface area contributed by atoms with Crippen molar-refractivity contribution in [3.8, 4) is 0 Å². The van der Waals surface area contributed by atoms with Crippen molar-refractivity contribution in [3.63, 3.8) is 0 Å². The predicted octanol–water partition coefficient (Wildman–Crippen LogP) is 5.70. The summed E-state index contributed by atoms with van der Waals surface area (Å²) in [4.78, 5) is 43.4. The molecular formula is C35H44N2O6. The molecule has 3 fully saturated rings. The number of ketones is 1. The van der Waals surface area contributed by atoms with E-state index in [1.165, 1.54) is 6.08 Å². The molecule has 1 heterocycles. The smallest absolute Gasteiger partial charge is 0.332 e. The molecule has 0 saturated heterocycles. The van der Waals surface area contributed by atoms with Crippen LogP contribution in [-0.2, 0) is 25.7 Å². The van der Waals surface area contributed by atoms with Gasteiger partial charge in [-0.15, -0.1) is 6.58 Å². The number of aliphatic hydroxyl groups excluding tert-OH is 1. The molecule has 3 aliphatic carbocycles. The van der Waals surface area contributed by atoms with Crippen molar-refractivity contribution in [2.75, 3.05) is 0 Å². The molecule has 2 aromatic rings. The van der Waals surface area contributed by atoms with Gasteiger partial charge >= 0.3 is 11.9 Å². The normalized spacial score (nSPS) is 35.9. The van der Waals surface area contributed by atoms with Crippen molar-refractivity contribution in [3.05, 3.63) is 72.3 Å². The largest absolute Gasteiger partial charge is 0.478 e. The van der Waals surface area contributed by atoms with Gasteiger partial charge in [0.25, 0.3) is 0 Å². The van der Waals surface area contributed by atoms with Crippen LogP contribution in [0.5, 0.6) is 0 Å². The lowest BCUT2D eigenvalue weighted by atomic mass is 9.43. The van der Waals surface area contributed by atoms with Gasteiger partial charge in [-0.05, 0) is 60.1 Å². The number of Topliss-reactive ketones (excluding diaryl/α,β-unsaturated/α-hetero) is 1. The average molecular weight is 589 g/mol. The van der Waals surface area contributed by atoms with Crippen molar-refractivity contribution < 1.29 is 29.3 Å². The highest BCUT2D eigenvalue weighted by Crippen LogP contribution is 2.68. The number of hydrogen-bond acceptors (Lipinski definition) is 6. The van der Waals surface area contributed by atoms with Crippen LogP contribution in [-0.4, -0.2) is 49.7 Å². The summed E-state index contributed by atoms with van der Waals surface area (Å²) in [5, 5.41) is 21.7. The Labute approximate surface area is 253 Å². The molecule has 5 rings (SSSR count). The average Bonchev–Trinajstić information content (AvgIpc) is 3.62. The van der Waals surface area contributed by atoms with Crippen LogP contribution in [0.1, 0.15) is 77.3 Å². The third-order valence-corrected chi connectivity index (χ3v) is 11.3. The first-order valence-electron chi connectivity index (χ1n) is 15.4. The number of carboxylic acid groups (broad SMARTS) is 1. The second kappa shape index (κ2) is 11.5. The number of carbonyl (C=O) groups excluding carboxylic acids is 2. The van der Waals surface area contributed by atoms with E-state index in [0.29, 0.717) is 37.8 Å². The van der Waals surface area contributed by atoms with Gasteiger partial charge in [-0.1, -0.05) is 58.0 Å². The first-order chi connectivity index (χ1) is 20.3. The zero-order chi connectivity index (χ0) is 31.2. The number of aromatic nitrogens is 2. The number of carboxylic acids is 1. The maximum atomic E-state index is 13.6. The van der Waals surface area contributed by atoms with Gasteiger partial charge in [-0.3, -0.25) is 9.59 Å². The van der Waals surface area contributed by atoms with E-state index in [2.05, 4.69) is 32.3 Å². The summed E-state index contributed by atoms with van der Waals surface area (Å²) < 4.78 is 8.16. The molecule has 3 saturated carbocycles. The summed E-state index contributed by atoms with van der Waals surface area (Å²) in [5.74, 6) is -1.90. The molecule has 8 heteroatoms. The Bertz CT molecular complexity index is 1410. The van der Waals surface area contributed by atoms with E-state index in [9.17, 15) is 24.6 Å². The summed E-state index contributed by atoms with van der Waals surface area (Å²) in [6, 6.07) is 7.47. The van der Waals surface area contributed by atoms with E-state index < -0.39 is 46.8 Å². The molecule has 8 atom stereocenters. The Kier molecular flexibility index (Phi) is 8.29. The quantitative estimate of drug-likeness (QED) is 0.231. The number of ether oxygens (including phenoxy) is 1. The minimum absolute atomic E-state index is 0.0768. The van der Waals surface area contributed by atoms with Gasteiger partial charge in [0, 0.05) is 47.7 Å². The molecule has 3 aliphatic rings. The van der Waals surface area contributed by atoms with Crippen LogP contribution in [0.15, 0.2) is 61.2 Å². The maximum Gasteiger partial charge on any atom is 0.332 e. The third kappa shape index (κ3) is 5.39. The molecule has 8 nitrogen and oxygen atoms in total. The van der Waals surface area contributed by atoms with Crippen LogP contribution in [0, 0.1) is 34.0 Å². The number of esters is 1. The van der Waals surface area contributed by atoms with Crippen LogP contribution in [0.4, 0.5) is 0 Å². The van der Waals surface area contributed by atoms with Crippen molar-refractivity contribution in [1.29, 1.82) is 0 Å². The molecule has 0 spiro atoms. The van der Waals surface area contributed by atoms with Gasteiger partial charge in [-0.2, -0.15) is 0 Å². The van der Waals surface area contributed by atoms with E-state index in [1.807, 2.05) is 42.0 Å². The fourth-order valence-electron chi connectivity index (χ4n) is 8.72. The molecule has 2 bridgehead atoms. The van der Waals surface area contributed by atoms with Crippen LogP contribution in [0.2, 0.25) is 0 Å². The lowest BCUT2D eigenvalue weighted by molar-refractivity contribution is -0.204. The number of aliphatic carboxylic acids is 1. The highest BCUT2D eigenvalue weighted by Gasteiger charge is 2.68. The predicted molar refractivity (Wildman–Crippen MR) is 163 cm³/mol. The number of carbonyl (C=O) groups is 3. The van der Waals surface area contributed by atoms with Crippen molar-refractivity contribution >= 4 is 23.8 Å². The number of benzene rings is 1. The highest BCUT2D eigenvalue weighted by atomic mass is 16.5. The Morgan fingerprint density at radius 3 is 2.53 bits per heavy atom. The summed E-state index contributed by atoms with van der Waals surface area (Å²) >= 11 is 0. The van der Waals surface area contributed by atoms with Crippen LogP contribution in [0.3, 0.4) is 0 Å². The highest BCUT2D eigenvalue weighted by molar-refractivity contribution is 5.97. The monoisotopic (exact) mass is 588 g/mol. The zero-order valence-corrected chi connectivity index (χ0v) is 25.7. The second-order valence-corrected chi connectivity index (χ2v) is 13.7. The molecular weight excluding hydrogens is 544 g/mol. The molecule has 0 unspecified atom stereocenters. The molecule has 0 aliphatic heterocycles. The number of rotatable bonds is 8. The van der Waals surface area contributed by atoms with Crippen molar-refractivity contribution in [2.45, 2.75) is 85.0 Å². The summed E-state index contributed by atoms with van der Waals surface area (Å²) in [7, 11) is 0. The van der Waals surface area contributed by atoms with E-state index in [0.717, 1.165) is 12.0 Å². The fourth-order valence-corrected chi connectivity index (χ4v) is 8.72. The number of nitrogens with zero attached hydrogens (tertiary/aromatic N) is 2. The van der Waals surface area contributed by atoms with Gasteiger partial charge in [0.1, 0.15) is 11.9 Å². The van der Waals surface area contributed by atoms with E-state index in [1.54, 1.807) is 18.6 Å². The van der Waals surface area contributed by atoms with Crippen LogP contribution < -0.4 is 0 Å². The molecule has 43 heavy (non-hydrogen) atoms. The summed E-state index contributed by atoms with van der Waals surface area (Å²) in [6.45, 7) is 13.0. The van der Waals surface area contributed by atoms with Crippen molar-refractivity contribution in [1.82, 2.24) is 9.55 Å². The standard InChI is InChI=1S/C35H44N2O6/c1-6-33(4)19-28(34(5)13-11-22(2)35(23(3)31(33)40)14-12-27(38)30(34)35)43-29(39)18-26(32(41)42)17-24-7-9-25(10-8-24)20-37-16-15-36-21-37/h6-10,15-17,21-23,28,30-31,40H,1,11-14,18-20H2,2-5H3,(H,41,42)/b26-17+/t22-,23+,28-,30+,31+,33-,34+,35+/m1/s1. The summed E-state index contributed by atoms with van der Waals surface area (Å²) in [6.07, 6.45) is 9.77. The van der Waals surface area contributed by atoms with Crippen molar-refractivity contribution in [2.24, 2.45) is 34.0 Å². The zero-order valence-electron chi connectivity index (χ0n) is 25.7. The SMILES string of the molecule is C=C[C@]1(C)C[C@@H](OC(=O)C/C(=C\c2ccc(Cn3ccnc3)cc2)C(=O)O)[C@]2(C)CC[C@@H](C)[C@@]3(CCC(=O)[C@@H]23)[C@@H](C)[C@@H]1O.